The van der Waals surface area contributed by atoms with Crippen molar-refractivity contribution >= 4 is 11.8 Å². The summed E-state index contributed by atoms with van der Waals surface area (Å²) in [6.45, 7) is 4.89. The number of imide groups is 1. The molecule has 19 heavy (non-hydrogen) atoms. The van der Waals surface area contributed by atoms with Gasteiger partial charge in [-0.25, -0.2) is 0 Å². The van der Waals surface area contributed by atoms with Gasteiger partial charge in [-0.1, -0.05) is 6.92 Å². The number of hydrogen-bond acceptors (Lipinski definition) is 3. The van der Waals surface area contributed by atoms with Gasteiger partial charge in [-0.05, 0) is 50.4 Å². The van der Waals surface area contributed by atoms with Crippen LogP contribution < -0.4 is 5.32 Å². The largest absolute Gasteiger partial charge is 0.305 e. The van der Waals surface area contributed by atoms with Gasteiger partial charge < -0.3 is 5.32 Å². The van der Waals surface area contributed by atoms with Gasteiger partial charge in [0.15, 0.2) is 0 Å². The van der Waals surface area contributed by atoms with Crippen molar-refractivity contribution in [3.63, 3.8) is 0 Å². The average molecular weight is 264 g/mol. The molecule has 4 nitrogen and oxygen atoms in total. The molecule has 0 bridgehead atoms. The zero-order valence-corrected chi connectivity index (χ0v) is 11.9. The molecule has 2 saturated carbocycles. The van der Waals surface area contributed by atoms with E-state index >= 15 is 0 Å². The molecular formula is C15H24N2O2. The average Bonchev–Trinajstić information content (AvgIpc) is 3.25. The standard InChI is InChI=1S/C15H24N2O2/c1-3-10(2)17-13(18)8-12(14(17)19)16-9-15(6-7-15)11-4-5-11/h10-12,16H,3-9H2,1-2H3. The fraction of sp³-hybridized carbons (Fsp3) is 0.867. The summed E-state index contributed by atoms with van der Waals surface area (Å²) in [6, 6.07) is -0.233. The summed E-state index contributed by atoms with van der Waals surface area (Å²) in [5, 5.41) is 3.38. The van der Waals surface area contributed by atoms with Crippen molar-refractivity contribution in [2.75, 3.05) is 6.54 Å². The summed E-state index contributed by atoms with van der Waals surface area (Å²) >= 11 is 0. The summed E-state index contributed by atoms with van der Waals surface area (Å²) in [4.78, 5) is 25.7. The number of hydrogen-bond donors (Lipinski definition) is 1. The highest BCUT2D eigenvalue weighted by Gasteiger charge is 2.54. The Balaban J connectivity index is 1.57. The minimum absolute atomic E-state index is 0.00637. The van der Waals surface area contributed by atoms with Crippen LogP contribution in [-0.2, 0) is 9.59 Å². The zero-order chi connectivity index (χ0) is 13.6. The van der Waals surface area contributed by atoms with Crippen LogP contribution in [-0.4, -0.2) is 35.3 Å². The van der Waals surface area contributed by atoms with E-state index in [9.17, 15) is 9.59 Å². The quantitative estimate of drug-likeness (QED) is 0.743. The van der Waals surface area contributed by atoms with Gasteiger partial charge in [0.25, 0.3) is 0 Å². The van der Waals surface area contributed by atoms with E-state index in [-0.39, 0.29) is 23.9 Å². The minimum atomic E-state index is -0.266. The van der Waals surface area contributed by atoms with Gasteiger partial charge in [0.1, 0.15) is 0 Å². The van der Waals surface area contributed by atoms with Crippen molar-refractivity contribution in [1.29, 1.82) is 0 Å². The maximum Gasteiger partial charge on any atom is 0.247 e. The van der Waals surface area contributed by atoms with E-state index in [1.165, 1.54) is 30.6 Å². The molecule has 3 aliphatic rings. The lowest BCUT2D eigenvalue weighted by Crippen LogP contribution is -2.44. The minimum Gasteiger partial charge on any atom is -0.305 e. The molecule has 0 aromatic rings. The first kappa shape index (κ1) is 13.1. The number of nitrogens with one attached hydrogen (secondary N) is 1. The molecular weight excluding hydrogens is 240 g/mol. The number of rotatable bonds is 6. The van der Waals surface area contributed by atoms with Crippen molar-refractivity contribution in [3.8, 4) is 0 Å². The Bertz CT molecular complexity index is 399. The molecule has 2 amide bonds. The van der Waals surface area contributed by atoms with Crippen LogP contribution in [0, 0.1) is 11.3 Å². The monoisotopic (exact) mass is 264 g/mol. The van der Waals surface area contributed by atoms with Gasteiger partial charge in [0.05, 0.1) is 12.5 Å². The second-order valence-corrected chi connectivity index (χ2v) is 6.63. The Kier molecular flexibility index (Phi) is 3.16. The van der Waals surface area contributed by atoms with Crippen molar-refractivity contribution in [1.82, 2.24) is 10.2 Å². The van der Waals surface area contributed by atoms with Crippen LogP contribution in [0.25, 0.3) is 0 Å². The molecule has 2 atom stereocenters. The first-order chi connectivity index (χ1) is 9.07. The SMILES string of the molecule is CCC(C)N1C(=O)CC(NCC2(C3CC3)CC2)C1=O. The van der Waals surface area contributed by atoms with Crippen LogP contribution in [0.15, 0.2) is 0 Å². The number of likely N-dealkylation sites (tertiary alicyclic amines) is 1. The van der Waals surface area contributed by atoms with Crippen molar-refractivity contribution in [3.05, 3.63) is 0 Å². The third-order valence-electron chi connectivity index (χ3n) is 5.25. The van der Waals surface area contributed by atoms with E-state index in [1.807, 2.05) is 13.8 Å². The van der Waals surface area contributed by atoms with Crippen molar-refractivity contribution < 1.29 is 9.59 Å². The molecule has 0 spiro atoms. The molecule has 3 rings (SSSR count). The van der Waals surface area contributed by atoms with Gasteiger partial charge >= 0.3 is 0 Å². The van der Waals surface area contributed by atoms with Crippen molar-refractivity contribution in [2.45, 2.75) is 64.5 Å². The van der Waals surface area contributed by atoms with Gasteiger partial charge in [-0.2, -0.15) is 0 Å². The third-order valence-corrected chi connectivity index (χ3v) is 5.25. The van der Waals surface area contributed by atoms with Crippen LogP contribution in [0.3, 0.4) is 0 Å². The second kappa shape index (κ2) is 4.58. The van der Waals surface area contributed by atoms with Crippen LogP contribution in [0.2, 0.25) is 0 Å². The maximum atomic E-state index is 12.3. The fourth-order valence-corrected chi connectivity index (χ4v) is 3.37. The first-order valence-corrected chi connectivity index (χ1v) is 7.66. The third kappa shape index (κ3) is 2.31. The predicted octanol–water partition coefficient (Wildman–Crippen LogP) is 1.69. The van der Waals surface area contributed by atoms with Gasteiger partial charge in [0.2, 0.25) is 11.8 Å². The van der Waals surface area contributed by atoms with Crippen LogP contribution in [0.5, 0.6) is 0 Å². The molecule has 2 aliphatic carbocycles. The fourth-order valence-electron chi connectivity index (χ4n) is 3.37. The Morgan fingerprint density at radius 1 is 1.37 bits per heavy atom. The van der Waals surface area contributed by atoms with Gasteiger partial charge in [-0.3, -0.25) is 14.5 Å². The number of nitrogens with zero attached hydrogens (tertiary/aromatic N) is 1. The Hall–Kier alpha value is -0.900. The highest BCUT2D eigenvalue weighted by atomic mass is 16.2. The number of carbonyl (C=O) groups excluding carboxylic acids is 2. The molecule has 0 aromatic carbocycles. The Labute approximate surface area is 114 Å². The van der Waals surface area contributed by atoms with Crippen molar-refractivity contribution in [2.24, 2.45) is 11.3 Å². The van der Waals surface area contributed by atoms with E-state index in [1.54, 1.807) is 0 Å². The zero-order valence-electron chi connectivity index (χ0n) is 11.9. The summed E-state index contributed by atoms with van der Waals surface area (Å²) in [5.74, 6) is 0.872. The van der Waals surface area contributed by atoms with Crippen LogP contribution >= 0.6 is 0 Å². The molecule has 106 valence electrons. The highest BCUT2D eigenvalue weighted by Crippen LogP contribution is 2.60. The summed E-state index contributed by atoms with van der Waals surface area (Å²) in [5.41, 5.74) is 0.479. The molecule has 0 radical (unpaired) electrons. The Morgan fingerprint density at radius 3 is 2.58 bits per heavy atom. The molecule has 1 heterocycles. The number of carbonyl (C=O) groups is 2. The van der Waals surface area contributed by atoms with Crippen LogP contribution in [0.1, 0.15) is 52.4 Å². The second-order valence-electron chi connectivity index (χ2n) is 6.63. The lowest BCUT2D eigenvalue weighted by Gasteiger charge is -2.22. The lowest BCUT2D eigenvalue weighted by atomic mass is 10.0. The van der Waals surface area contributed by atoms with E-state index in [0.717, 1.165) is 18.9 Å². The molecule has 2 unspecified atom stereocenters. The van der Waals surface area contributed by atoms with E-state index in [0.29, 0.717) is 11.8 Å². The summed E-state index contributed by atoms with van der Waals surface area (Å²) < 4.78 is 0. The number of amides is 2. The molecule has 0 aromatic heterocycles. The van der Waals surface area contributed by atoms with Crippen LogP contribution in [0.4, 0.5) is 0 Å². The molecule has 1 saturated heterocycles. The Morgan fingerprint density at radius 2 is 2.05 bits per heavy atom. The van der Waals surface area contributed by atoms with E-state index in [2.05, 4.69) is 5.32 Å². The normalized spacial score (nSPS) is 30.8. The topological polar surface area (TPSA) is 49.4 Å². The van der Waals surface area contributed by atoms with Gasteiger partial charge in [0, 0.05) is 12.6 Å². The molecule has 1 aliphatic heterocycles. The first-order valence-electron chi connectivity index (χ1n) is 7.66. The maximum absolute atomic E-state index is 12.3. The molecule has 3 fully saturated rings. The van der Waals surface area contributed by atoms with E-state index in [4.69, 9.17) is 0 Å². The predicted molar refractivity (Wildman–Crippen MR) is 72.4 cm³/mol. The highest BCUT2D eigenvalue weighted by molar-refractivity contribution is 6.05. The van der Waals surface area contributed by atoms with E-state index < -0.39 is 0 Å². The molecule has 1 N–H and O–H groups in total. The molecule has 4 heteroatoms. The smallest absolute Gasteiger partial charge is 0.247 e. The lowest BCUT2D eigenvalue weighted by molar-refractivity contribution is -0.141. The summed E-state index contributed by atoms with van der Waals surface area (Å²) in [6.07, 6.45) is 6.50. The summed E-state index contributed by atoms with van der Waals surface area (Å²) in [7, 11) is 0. The van der Waals surface area contributed by atoms with Gasteiger partial charge in [-0.15, -0.1) is 0 Å².